The molecule has 1 N–H and O–H groups in total. The first-order chi connectivity index (χ1) is 9.04. The highest BCUT2D eigenvalue weighted by Gasteiger charge is 2.19. The second-order valence-corrected chi connectivity index (χ2v) is 4.80. The van der Waals surface area contributed by atoms with E-state index in [1.54, 1.807) is 13.0 Å². The standard InChI is InChI=1S/C13H18N2O4/c1-9-3-11(15(16)17)5-12(4-9)18-8-13-7-14-6-10(2)19-13/h3-5,10,13-14H,6-8H2,1-2H3. The molecule has 6 nitrogen and oxygen atoms in total. The highest BCUT2D eigenvalue weighted by atomic mass is 16.6. The van der Waals surface area contributed by atoms with Gasteiger partial charge in [-0.2, -0.15) is 0 Å². The minimum Gasteiger partial charge on any atom is -0.491 e. The van der Waals surface area contributed by atoms with Crippen LogP contribution in [-0.2, 0) is 4.74 Å². The summed E-state index contributed by atoms with van der Waals surface area (Å²) in [6.45, 7) is 5.76. The van der Waals surface area contributed by atoms with Crippen molar-refractivity contribution in [2.75, 3.05) is 19.7 Å². The number of benzene rings is 1. The van der Waals surface area contributed by atoms with Gasteiger partial charge in [-0.05, 0) is 25.5 Å². The maximum Gasteiger partial charge on any atom is 0.273 e. The van der Waals surface area contributed by atoms with E-state index in [1.807, 2.05) is 6.92 Å². The third kappa shape index (κ3) is 3.90. The molecule has 2 atom stereocenters. The van der Waals surface area contributed by atoms with Crippen molar-refractivity contribution in [3.8, 4) is 5.75 Å². The van der Waals surface area contributed by atoms with Gasteiger partial charge in [-0.1, -0.05) is 0 Å². The van der Waals surface area contributed by atoms with E-state index in [2.05, 4.69) is 5.32 Å². The second kappa shape index (κ2) is 5.99. The van der Waals surface area contributed by atoms with E-state index in [1.165, 1.54) is 12.1 Å². The molecule has 0 amide bonds. The Hall–Kier alpha value is -1.66. The Kier molecular flexibility index (Phi) is 4.34. The first-order valence-electron chi connectivity index (χ1n) is 6.29. The van der Waals surface area contributed by atoms with Gasteiger partial charge in [0, 0.05) is 19.2 Å². The topological polar surface area (TPSA) is 73.6 Å². The van der Waals surface area contributed by atoms with Gasteiger partial charge in [-0.3, -0.25) is 10.1 Å². The number of hydrogen-bond acceptors (Lipinski definition) is 5. The molecule has 1 fully saturated rings. The van der Waals surface area contributed by atoms with Crippen LogP contribution in [0.4, 0.5) is 5.69 Å². The molecule has 1 aromatic carbocycles. The van der Waals surface area contributed by atoms with Gasteiger partial charge in [0.15, 0.2) is 0 Å². The lowest BCUT2D eigenvalue weighted by molar-refractivity contribution is -0.385. The molecule has 104 valence electrons. The van der Waals surface area contributed by atoms with E-state index in [0.717, 1.165) is 18.7 Å². The van der Waals surface area contributed by atoms with Gasteiger partial charge >= 0.3 is 0 Å². The predicted molar refractivity (Wildman–Crippen MR) is 70.5 cm³/mol. The third-order valence-electron chi connectivity index (χ3n) is 2.91. The van der Waals surface area contributed by atoms with Gasteiger partial charge < -0.3 is 14.8 Å². The van der Waals surface area contributed by atoms with Crippen molar-refractivity contribution in [3.63, 3.8) is 0 Å². The van der Waals surface area contributed by atoms with Crippen LogP contribution >= 0.6 is 0 Å². The Balaban J connectivity index is 1.97. The van der Waals surface area contributed by atoms with Gasteiger partial charge in [0.25, 0.3) is 5.69 Å². The molecule has 1 aromatic rings. The lowest BCUT2D eigenvalue weighted by Gasteiger charge is -2.28. The Morgan fingerprint density at radius 2 is 2.26 bits per heavy atom. The summed E-state index contributed by atoms with van der Waals surface area (Å²) in [6, 6.07) is 4.74. The van der Waals surface area contributed by atoms with Crippen LogP contribution in [0.1, 0.15) is 12.5 Å². The van der Waals surface area contributed by atoms with Gasteiger partial charge in [0.2, 0.25) is 0 Å². The molecule has 19 heavy (non-hydrogen) atoms. The van der Waals surface area contributed by atoms with Gasteiger partial charge in [-0.25, -0.2) is 0 Å². The van der Waals surface area contributed by atoms with Crippen molar-refractivity contribution >= 4 is 5.69 Å². The fourth-order valence-corrected chi connectivity index (χ4v) is 2.08. The van der Waals surface area contributed by atoms with Crippen LogP contribution in [0.3, 0.4) is 0 Å². The van der Waals surface area contributed by atoms with E-state index in [0.29, 0.717) is 12.4 Å². The molecule has 1 aliphatic heterocycles. The minimum absolute atomic E-state index is 0.0247. The summed E-state index contributed by atoms with van der Waals surface area (Å²) in [5.41, 5.74) is 0.853. The first kappa shape index (κ1) is 13.8. The van der Waals surface area contributed by atoms with Crippen LogP contribution < -0.4 is 10.1 Å². The number of nitrogens with one attached hydrogen (secondary N) is 1. The van der Waals surface area contributed by atoms with Crippen LogP contribution in [0.25, 0.3) is 0 Å². The highest BCUT2D eigenvalue weighted by molar-refractivity contribution is 5.42. The first-order valence-corrected chi connectivity index (χ1v) is 6.29. The number of rotatable bonds is 4. The Morgan fingerprint density at radius 1 is 1.47 bits per heavy atom. The highest BCUT2D eigenvalue weighted by Crippen LogP contribution is 2.22. The van der Waals surface area contributed by atoms with Crippen molar-refractivity contribution in [1.29, 1.82) is 0 Å². The van der Waals surface area contributed by atoms with E-state index in [9.17, 15) is 10.1 Å². The molecule has 0 bridgehead atoms. The van der Waals surface area contributed by atoms with Crippen LogP contribution in [0, 0.1) is 17.0 Å². The normalized spacial score (nSPS) is 23.1. The number of aryl methyl sites for hydroxylation is 1. The Labute approximate surface area is 111 Å². The van der Waals surface area contributed by atoms with E-state index in [-0.39, 0.29) is 17.9 Å². The SMILES string of the molecule is Cc1cc(OCC2CNCC(C)O2)cc([N+](=O)[O-])c1. The van der Waals surface area contributed by atoms with Crippen LogP contribution in [-0.4, -0.2) is 36.8 Å². The maximum absolute atomic E-state index is 10.8. The van der Waals surface area contributed by atoms with Crippen molar-refractivity contribution in [2.45, 2.75) is 26.1 Å². The molecule has 1 saturated heterocycles. The van der Waals surface area contributed by atoms with E-state index >= 15 is 0 Å². The number of ether oxygens (including phenoxy) is 2. The fourth-order valence-electron chi connectivity index (χ4n) is 2.08. The second-order valence-electron chi connectivity index (χ2n) is 4.80. The zero-order valence-corrected chi connectivity index (χ0v) is 11.1. The third-order valence-corrected chi connectivity index (χ3v) is 2.91. The molecule has 0 spiro atoms. The summed E-state index contributed by atoms with van der Waals surface area (Å²) in [5, 5.41) is 14.0. The number of nitro groups is 1. The van der Waals surface area contributed by atoms with Gasteiger partial charge in [-0.15, -0.1) is 0 Å². The Bertz CT molecular complexity index is 464. The summed E-state index contributed by atoms with van der Waals surface area (Å²) in [7, 11) is 0. The fraction of sp³-hybridized carbons (Fsp3) is 0.538. The van der Waals surface area contributed by atoms with Crippen molar-refractivity contribution in [3.05, 3.63) is 33.9 Å². The smallest absolute Gasteiger partial charge is 0.273 e. The average molecular weight is 266 g/mol. The van der Waals surface area contributed by atoms with Crippen molar-refractivity contribution < 1.29 is 14.4 Å². The monoisotopic (exact) mass is 266 g/mol. The zero-order chi connectivity index (χ0) is 13.8. The molecule has 2 unspecified atom stereocenters. The zero-order valence-electron chi connectivity index (χ0n) is 11.1. The molecule has 6 heteroatoms. The number of nitrogens with zero attached hydrogens (tertiary/aromatic N) is 1. The summed E-state index contributed by atoms with van der Waals surface area (Å²) in [4.78, 5) is 10.4. The summed E-state index contributed by atoms with van der Waals surface area (Å²) >= 11 is 0. The lowest BCUT2D eigenvalue weighted by atomic mass is 10.2. The molecular formula is C13H18N2O4. The lowest BCUT2D eigenvalue weighted by Crippen LogP contribution is -2.45. The number of nitro benzene ring substituents is 1. The van der Waals surface area contributed by atoms with Gasteiger partial charge in [0.05, 0.1) is 17.1 Å². The molecule has 1 heterocycles. The summed E-state index contributed by atoms with van der Waals surface area (Å²) in [5.74, 6) is 0.508. The summed E-state index contributed by atoms with van der Waals surface area (Å²) in [6.07, 6.45) is 0.137. The quantitative estimate of drug-likeness (QED) is 0.662. The van der Waals surface area contributed by atoms with Crippen LogP contribution in [0.5, 0.6) is 5.75 Å². The number of morpholine rings is 1. The molecule has 0 aliphatic carbocycles. The predicted octanol–water partition coefficient (Wildman–Crippen LogP) is 1.66. The maximum atomic E-state index is 10.8. The molecular weight excluding hydrogens is 248 g/mol. The van der Waals surface area contributed by atoms with Crippen molar-refractivity contribution in [1.82, 2.24) is 5.32 Å². The largest absolute Gasteiger partial charge is 0.491 e. The molecule has 0 aromatic heterocycles. The average Bonchev–Trinajstić information content (AvgIpc) is 2.36. The molecule has 1 aliphatic rings. The van der Waals surface area contributed by atoms with Crippen LogP contribution in [0.2, 0.25) is 0 Å². The van der Waals surface area contributed by atoms with E-state index in [4.69, 9.17) is 9.47 Å². The Morgan fingerprint density at radius 3 is 2.95 bits per heavy atom. The van der Waals surface area contributed by atoms with Gasteiger partial charge in [0.1, 0.15) is 18.5 Å². The van der Waals surface area contributed by atoms with Crippen molar-refractivity contribution in [2.24, 2.45) is 0 Å². The molecule has 2 rings (SSSR count). The summed E-state index contributed by atoms with van der Waals surface area (Å²) < 4.78 is 11.3. The minimum atomic E-state index is -0.416. The molecule has 0 radical (unpaired) electrons. The van der Waals surface area contributed by atoms with Crippen LogP contribution in [0.15, 0.2) is 18.2 Å². The number of hydrogen-bond donors (Lipinski definition) is 1. The molecule has 0 saturated carbocycles. The van der Waals surface area contributed by atoms with E-state index < -0.39 is 4.92 Å². The number of non-ortho nitro benzene ring substituents is 1.